The van der Waals surface area contributed by atoms with E-state index in [2.05, 4.69) is 0 Å². The number of rotatable bonds is 6. The van der Waals surface area contributed by atoms with Gasteiger partial charge in [-0.3, -0.25) is 4.90 Å². The van der Waals surface area contributed by atoms with Gasteiger partial charge in [0.25, 0.3) is 0 Å². The van der Waals surface area contributed by atoms with Crippen molar-refractivity contribution in [3.63, 3.8) is 0 Å². The number of carbonyl (C=O) groups is 3. The first-order valence-corrected chi connectivity index (χ1v) is 9.77. The van der Waals surface area contributed by atoms with Gasteiger partial charge in [0, 0.05) is 0 Å². The van der Waals surface area contributed by atoms with Crippen LogP contribution in [0.4, 0.5) is 13.6 Å². The Morgan fingerprint density at radius 1 is 1.11 bits per heavy atom. The third-order valence-electron chi connectivity index (χ3n) is 5.34. The highest BCUT2D eigenvalue weighted by atomic mass is 19.3. The van der Waals surface area contributed by atoms with Gasteiger partial charge < -0.3 is 19.4 Å². The summed E-state index contributed by atoms with van der Waals surface area (Å²) in [5.74, 6) is -8.95. The molecule has 0 aromatic heterocycles. The van der Waals surface area contributed by atoms with Crippen molar-refractivity contribution in [1.82, 2.24) is 4.90 Å². The third-order valence-corrected chi connectivity index (χ3v) is 5.34. The molecule has 9 heteroatoms. The summed E-state index contributed by atoms with van der Waals surface area (Å²) < 4.78 is 37.8. The lowest BCUT2D eigenvalue weighted by molar-refractivity contribution is -0.337. The quantitative estimate of drug-likeness (QED) is 0.498. The molecule has 7 nitrogen and oxygen atoms in total. The lowest BCUT2D eigenvalue weighted by Crippen LogP contribution is -2.53. The first-order chi connectivity index (χ1) is 13.0. The Morgan fingerprint density at radius 2 is 1.64 bits per heavy atom. The average molecular weight is 404 g/mol. The van der Waals surface area contributed by atoms with E-state index in [0.717, 1.165) is 49.8 Å². The normalized spacial score (nSPS) is 23.4. The van der Waals surface area contributed by atoms with E-state index < -0.39 is 47.6 Å². The van der Waals surface area contributed by atoms with E-state index in [9.17, 15) is 28.3 Å². The third kappa shape index (κ3) is 5.32. The summed E-state index contributed by atoms with van der Waals surface area (Å²) in [7, 11) is 0. The summed E-state index contributed by atoms with van der Waals surface area (Å²) in [6, 6.07) is -1.04. The molecule has 1 aliphatic heterocycles. The van der Waals surface area contributed by atoms with Crippen LogP contribution in [0.2, 0.25) is 0 Å². The number of esters is 1. The van der Waals surface area contributed by atoms with Crippen LogP contribution in [0.3, 0.4) is 0 Å². The maximum atomic E-state index is 13.7. The van der Waals surface area contributed by atoms with E-state index in [0.29, 0.717) is 0 Å². The van der Waals surface area contributed by atoms with Crippen molar-refractivity contribution >= 4 is 18.0 Å². The van der Waals surface area contributed by atoms with Gasteiger partial charge in [0.2, 0.25) is 0 Å². The van der Waals surface area contributed by atoms with Crippen molar-refractivity contribution in [2.45, 2.75) is 89.4 Å². The van der Waals surface area contributed by atoms with Crippen LogP contribution in [0, 0.1) is 5.92 Å². The maximum absolute atomic E-state index is 13.7. The number of carbonyl (C=O) groups excluding carboxylic acids is 3. The van der Waals surface area contributed by atoms with E-state index in [-0.39, 0.29) is 6.54 Å². The summed E-state index contributed by atoms with van der Waals surface area (Å²) in [4.78, 5) is 36.3. The highest BCUT2D eigenvalue weighted by Crippen LogP contribution is 2.33. The molecule has 2 rings (SSSR count). The molecule has 1 aliphatic carbocycles. The fraction of sp³-hybridized carbons (Fsp3) is 0.842. The van der Waals surface area contributed by atoms with Gasteiger partial charge in [-0.2, -0.15) is 8.78 Å². The predicted molar refractivity (Wildman–Crippen MR) is 92.4 cm³/mol. The van der Waals surface area contributed by atoms with E-state index in [1.54, 1.807) is 0 Å². The van der Waals surface area contributed by atoms with Crippen LogP contribution in [0.5, 0.6) is 0 Å². The summed E-state index contributed by atoms with van der Waals surface area (Å²) in [6.07, 6.45) is 3.82. The molecule has 0 bridgehead atoms. The molecule has 2 aliphatic rings. The zero-order valence-corrected chi connectivity index (χ0v) is 16.5. The summed E-state index contributed by atoms with van der Waals surface area (Å²) in [5.41, 5.74) is -0.614. The van der Waals surface area contributed by atoms with Crippen molar-refractivity contribution in [1.29, 1.82) is 0 Å². The molecule has 1 heterocycles. The van der Waals surface area contributed by atoms with E-state index in [1.807, 2.05) is 6.92 Å². The smallest absolute Gasteiger partial charge is 0.411 e. The minimum atomic E-state index is -4.32. The van der Waals surface area contributed by atoms with Crippen molar-refractivity contribution in [3.8, 4) is 0 Å². The minimum absolute atomic E-state index is 0.00451. The van der Waals surface area contributed by atoms with Crippen molar-refractivity contribution < 1.29 is 37.7 Å². The lowest BCUT2D eigenvalue weighted by atomic mass is 9.88. The molecule has 0 N–H and O–H groups in total. The molecule has 2 fully saturated rings. The number of hydrogen-bond donors (Lipinski definition) is 0. The molecule has 0 aromatic rings. The molecule has 1 saturated heterocycles. The van der Waals surface area contributed by atoms with Gasteiger partial charge in [-0.15, -0.1) is 0 Å². The highest BCUT2D eigenvalue weighted by Gasteiger charge is 2.52. The molecule has 160 valence electrons. The molecule has 1 saturated carbocycles. The van der Waals surface area contributed by atoms with Crippen LogP contribution in [0.15, 0.2) is 0 Å². The monoisotopic (exact) mass is 404 g/mol. The minimum Gasteiger partial charge on any atom is -0.544 e. The summed E-state index contributed by atoms with van der Waals surface area (Å²) in [6.45, 7) is 4.48. The Balaban J connectivity index is 1.93. The predicted octanol–water partition coefficient (Wildman–Crippen LogP) is 2.26. The average Bonchev–Trinajstić information content (AvgIpc) is 3.36. The first kappa shape index (κ1) is 22.4. The van der Waals surface area contributed by atoms with Gasteiger partial charge >= 0.3 is 18.0 Å². The Bertz CT molecular complexity index is 601. The van der Waals surface area contributed by atoms with Gasteiger partial charge in [0.05, 0.1) is 6.54 Å². The zero-order valence-electron chi connectivity index (χ0n) is 16.5. The SMILES string of the molecule is CC(C)C(OC(=O)C1CN1C(=O)OC1(C)CCCCCCC1)C(F)(F)C(=O)[O-]. The molecule has 0 aromatic carbocycles. The van der Waals surface area contributed by atoms with Crippen LogP contribution in [0.1, 0.15) is 65.7 Å². The number of nitrogens with zero attached hydrogens (tertiary/aromatic N) is 1. The number of carboxylic acid groups (broad SMARTS) is 1. The maximum Gasteiger partial charge on any atom is 0.411 e. The molecule has 2 atom stereocenters. The molecular formula is C19H28F2NO6-. The number of carboxylic acids is 1. The number of aliphatic carboxylic acids is 1. The number of hydrogen-bond acceptors (Lipinski definition) is 6. The Morgan fingerprint density at radius 3 is 2.14 bits per heavy atom. The second-order valence-electron chi connectivity index (χ2n) is 8.27. The molecule has 1 amide bonds. The van der Waals surface area contributed by atoms with Crippen molar-refractivity contribution in [2.75, 3.05) is 6.54 Å². The van der Waals surface area contributed by atoms with Gasteiger partial charge in [-0.25, -0.2) is 9.59 Å². The van der Waals surface area contributed by atoms with Crippen molar-refractivity contribution in [3.05, 3.63) is 0 Å². The summed E-state index contributed by atoms with van der Waals surface area (Å²) in [5, 5.41) is 10.7. The molecule has 28 heavy (non-hydrogen) atoms. The topological polar surface area (TPSA) is 95.7 Å². The molecule has 2 unspecified atom stereocenters. The van der Waals surface area contributed by atoms with Crippen molar-refractivity contribution in [2.24, 2.45) is 5.92 Å². The molecule has 0 spiro atoms. The van der Waals surface area contributed by atoms with Crippen LogP contribution in [-0.2, 0) is 19.1 Å². The van der Waals surface area contributed by atoms with Crippen LogP contribution in [-0.4, -0.2) is 53.1 Å². The molecule has 0 radical (unpaired) electrons. The van der Waals surface area contributed by atoms with Gasteiger partial charge in [-0.05, 0) is 38.5 Å². The van der Waals surface area contributed by atoms with Crippen LogP contribution >= 0.6 is 0 Å². The Kier molecular flexibility index (Phi) is 6.88. The second-order valence-corrected chi connectivity index (χ2v) is 8.27. The van der Waals surface area contributed by atoms with Crippen LogP contribution < -0.4 is 5.11 Å². The van der Waals surface area contributed by atoms with E-state index >= 15 is 0 Å². The highest BCUT2D eigenvalue weighted by molar-refractivity contribution is 5.87. The summed E-state index contributed by atoms with van der Waals surface area (Å²) >= 11 is 0. The van der Waals surface area contributed by atoms with Crippen LogP contribution in [0.25, 0.3) is 0 Å². The van der Waals surface area contributed by atoms with E-state index in [4.69, 9.17) is 9.47 Å². The van der Waals surface area contributed by atoms with Gasteiger partial charge in [-0.1, -0.05) is 33.1 Å². The van der Waals surface area contributed by atoms with Gasteiger partial charge in [0.1, 0.15) is 11.6 Å². The number of alkyl halides is 2. The Labute approximate surface area is 163 Å². The number of ether oxygens (including phenoxy) is 2. The zero-order chi connectivity index (χ0) is 21.1. The standard InChI is InChI=1S/C19H29F2NO6/c1-12(2)14(19(20,21)16(24)25)27-15(23)13-11-22(13)17(26)28-18(3)9-7-5-4-6-8-10-18/h12-14H,4-11H2,1-3H3,(H,24,25)/p-1. The van der Waals surface area contributed by atoms with E-state index in [1.165, 1.54) is 13.8 Å². The fourth-order valence-electron chi connectivity index (χ4n) is 3.52. The Hall–Kier alpha value is -1.93. The number of amides is 1. The molecular weight excluding hydrogens is 376 g/mol. The fourth-order valence-corrected chi connectivity index (χ4v) is 3.52. The lowest BCUT2D eigenvalue weighted by Gasteiger charge is -2.31. The number of halogens is 2. The second kappa shape index (κ2) is 8.61. The largest absolute Gasteiger partial charge is 0.544 e. The van der Waals surface area contributed by atoms with Gasteiger partial charge in [0.15, 0.2) is 12.1 Å². The first-order valence-electron chi connectivity index (χ1n) is 9.77.